The molecule has 0 spiro atoms. The van der Waals surface area contributed by atoms with Gasteiger partial charge in [0, 0.05) is 23.7 Å². The van der Waals surface area contributed by atoms with Crippen LogP contribution >= 0.6 is 11.6 Å². The Bertz CT molecular complexity index is 426. The zero-order chi connectivity index (χ0) is 13.0. The van der Waals surface area contributed by atoms with E-state index in [1.165, 1.54) is 0 Å². The number of rotatable bonds is 3. The van der Waals surface area contributed by atoms with Gasteiger partial charge < -0.3 is 5.32 Å². The molecule has 0 bridgehead atoms. The largest absolute Gasteiger partial charge is 0.315 e. The van der Waals surface area contributed by atoms with E-state index in [0.29, 0.717) is 17.1 Å². The summed E-state index contributed by atoms with van der Waals surface area (Å²) < 4.78 is 0. The molecule has 0 aliphatic carbocycles. The third-order valence-corrected chi connectivity index (χ3v) is 3.70. The summed E-state index contributed by atoms with van der Waals surface area (Å²) in [6, 6.07) is 5.54. The molecule has 1 aliphatic heterocycles. The Labute approximate surface area is 113 Å². The van der Waals surface area contributed by atoms with Crippen molar-refractivity contribution < 1.29 is 4.79 Å². The molecule has 0 unspecified atom stereocenters. The maximum atomic E-state index is 12.2. The molecule has 1 aliphatic rings. The van der Waals surface area contributed by atoms with Gasteiger partial charge in [0.1, 0.15) is 0 Å². The average molecular weight is 267 g/mol. The average Bonchev–Trinajstić information content (AvgIpc) is 2.61. The standard InChI is InChI=1S/C14H19ClN2O/c1-11-3-4-12(9-13(11)15)14(18)10-17-7-2-5-16-6-8-17/h3-4,9,16H,2,5-8,10H2,1H3. The topological polar surface area (TPSA) is 32.3 Å². The zero-order valence-electron chi connectivity index (χ0n) is 10.7. The van der Waals surface area contributed by atoms with Crippen LogP contribution < -0.4 is 5.32 Å². The molecule has 1 saturated heterocycles. The number of hydrogen-bond acceptors (Lipinski definition) is 3. The fourth-order valence-electron chi connectivity index (χ4n) is 2.12. The number of carbonyl (C=O) groups is 1. The predicted molar refractivity (Wildman–Crippen MR) is 74.4 cm³/mol. The van der Waals surface area contributed by atoms with Crippen molar-refractivity contribution in [2.45, 2.75) is 13.3 Å². The number of hydrogen-bond donors (Lipinski definition) is 1. The molecule has 0 saturated carbocycles. The van der Waals surface area contributed by atoms with Crippen molar-refractivity contribution >= 4 is 17.4 Å². The number of nitrogens with zero attached hydrogens (tertiary/aromatic N) is 1. The van der Waals surface area contributed by atoms with Crippen LogP contribution in [0.5, 0.6) is 0 Å². The lowest BCUT2D eigenvalue weighted by atomic mass is 10.1. The van der Waals surface area contributed by atoms with Gasteiger partial charge in [-0.25, -0.2) is 0 Å². The van der Waals surface area contributed by atoms with Crippen molar-refractivity contribution in [2.75, 3.05) is 32.7 Å². The fourth-order valence-corrected chi connectivity index (χ4v) is 2.30. The summed E-state index contributed by atoms with van der Waals surface area (Å²) >= 11 is 6.05. The Morgan fingerprint density at radius 2 is 2.22 bits per heavy atom. The molecule has 0 atom stereocenters. The maximum absolute atomic E-state index is 12.2. The van der Waals surface area contributed by atoms with Gasteiger partial charge in [0.2, 0.25) is 0 Å². The lowest BCUT2D eigenvalue weighted by Gasteiger charge is -2.18. The molecule has 1 heterocycles. The van der Waals surface area contributed by atoms with E-state index in [1.807, 2.05) is 19.1 Å². The molecule has 0 aromatic heterocycles. The van der Waals surface area contributed by atoms with Gasteiger partial charge in [0.05, 0.1) is 6.54 Å². The smallest absolute Gasteiger partial charge is 0.176 e. The molecule has 4 heteroatoms. The van der Waals surface area contributed by atoms with Crippen LogP contribution in [-0.2, 0) is 0 Å². The van der Waals surface area contributed by atoms with Crippen LogP contribution in [0.2, 0.25) is 5.02 Å². The second-order valence-electron chi connectivity index (χ2n) is 4.77. The van der Waals surface area contributed by atoms with Crippen molar-refractivity contribution in [1.82, 2.24) is 10.2 Å². The van der Waals surface area contributed by atoms with E-state index in [-0.39, 0.29) is 5.78 Å². The van der Waals surface area contributed by atoms with Gasteiger partial charge in [-0.15, -0.1) is 0 Å². The molecule has 3 nitrogen and oxygen atoms in total. The number of ketones is 1. The molecular weight excluding hydrogens is 248 g/mol. The van der Waals surface area contributed by atoms with Gasteiger partial charge in [-0.2, -0.15) is 0 Å². The molecule has 1 aromatic carbocycles. The van der Waals surface area contributed by atoms with E-state index in [2.05, 4.69) is 10.2 Å². The first-order valence-corrected chi connectivity index (χ1v) is 6.77. The zero-order valence-corrected chi connectivity index (χ0v) is 11.5. The van der Waals surface area contributed by atoms with Crippen molar-refractivity contribution in [3.05, 3.63) is 34.3 Å². The molecule has 1 aromatic rings. The predicted octanol–water partition coefficient (Wildman–Crippen LogP) is 2.13. The Morgan fingerprint density at radius 3 is 3.00 bits per heavy atom. The molecular formula is C14H19ClN2O. The number of Topliss-reactive ketones (excluding diaryl/α,β-unsaturated/α-hetero) is 1. The van der Waals surface area contributed by atoms with Gasteiger partial charge in [-0.05, 0) is 38.1 Å². The van der Waals surface area contributed by atoms with Gasteiger partial charge in [0.15, 0.2) is 5.78 Å². The van der Waals surface area contributed by atoms with Crippen LogP contribution in [0.25, 0.3) is 0 Å². The second kappa shape index (κ2) is 6.32. The fraction of sp³-hybridized carbons (Fsp3) is 0.500. The van der Waals surface area contributed by atoms with Crippen LogP contribution in [0.3, 0.4) is 0 Å². The monoisotopic (exact) mass is 266 g/mol. The third kappa shape index (κ3) is 3.55. The Kier molecular flexibility index (Phi) is 4.75. The lowest BCUT2D eigenvalue weighted by Crippen LogP contribution is -2.33. The van der Waals surface area contributed by atoms with Crippen molar-refractivity contribution in [3.8, 4) is 0 Å². The van der Waals surface area contributed by atoms with E-state index in [0.717, 1.165) is 38.2 Å². The van der Waals surface area contributed by atoms with E-state index >= 15 is 0 Å². The normalized spacial score (nSPS) is 17.4. The SMILES string of the molecule is Cc1ccc(C(=O)CN2CCCNCC2)cc1Cl. The van der Waals surface area contributed by atoms with E-state index in [9.17, 15) is 4.79 Å². The minimum Gasteiger partial charge on any atom is -0.315 e. The minimum atomic E-state index is 0.152. The van der Waals surface area contributed by atoms with Crippen LogP contribution in [-0.4, -0.2) is 43.4 Å². The first kappa shape index (κ1) is 13.5. The van der Waals surface area contributed by atoms with Crippen molar-refractivity contribution in [2.24, 2.45) is 0 Å². The highest BCUT2D eigenvalue weighted by Crippen LogP contribution is 2.17. The van der Waals surface area contributed by atoms with Crippen LogP contribution in [0.1, 0.15) is 22.3 Å². The van der Waals surface area contributed by atoms with Gasteiger partial charge in [-0.3, -0.25) is 9.69 Å². The van der Waals surface area contributed by atoms with Crippen molar-refractivity contribution in [3.63, 3.8) is 0 Å². The van der Waals surface area contributed by atoms with Crippen LogP contribution in [0.4, 0.5) is 0 Å². The Balaban J connectivity index is 1.99. The third-order valence-electron chi connectivity index (χ3n) is 3.29. The first-order valence-electron chi connectivity index (χ1n) is 6.39. The molecule has 1 fully saturated rings. The summed E-state index contributed by atoms with van der Waals surface area (Å²) in [5.41, 5.74) is 1.72. The summed E-state index contributed by atoms with van der Waals surface area (Å²) in [7, 11) is 0. The first-order chi connectivity index (χ1) is 8.66. The summed E-state index contributed by atoms with van der Waals surface area (Å²) in [5.74, 6) is 0.152. The summed E-state index contributed by atoms with van der Waals surface area (Å²) in [5, 5.41) is 4.00. The summed E-state index contributed by atoms with van der Waals surface area (Å²) in [4.78, 5) is 14.4. The minimum absolute atomic E-state index is 0.152. The molecule has 2 rings (SSSR count). The highest BCUT2D eigenvalue weighted by atomic mass is 35.5. The molecule has 0 amide bonds. The number of halogens is 1. The summed E-state index contributed by atoms with van der Waals surface area (Å²) in [6.07, 6.45) is 1.10. The van der Waals surface area contributed by atoms with E-state index in [1.54, 1.807) is 6.07 Å². The van der Waals surface area contributed by atoms with Gasteiger partial charge >= 0.3 is 0 Å². The molecule has 98 valence electrons. The highest BCUT2D eigenvalue weighted by Gasteiger charge is 2.14. The van der Waals surface area contributed by atoms with Crippen LogP contribution in [0, 0.1) is 6.92 Å². The quantitative estimate of drug-likeness (QED) is 0.851. The maximum Gasteiger partial charge on any atom is 0.176 e. The summed E-state index contributed by atoms with van der Waals surface area (Å²) in [6.45, 7) is 6.35. The highest BCUT2D eigenvalue weighted by molar-refractivity contribution is 6.31. The lowest BCUT2D eigenvalue weighted by molar-refractivity contribution is 0.0935. The molecule has 0 radical (unpaired) electrons. The molecule has 18 heavy (non-hydrogen) atoms. The second-order valence-corrected chi connectivity index (χ2v) is 5.17. The molecule has 1 N–H and O–H groups in total. The Hall–Kier alpha value is -0.900. The number of nitrogens with one attached hydrogen (secondary N) is 1. The van der Waals surface area contributed by atoms with E-state index in [4.69, 9.17) is 11.6 Å². The number of carbonyl (C=O) groups excluding carboxylic acids is 1. The van der Waals surface area contributed by atoms with Gasteiger partial charge in [0.25, 0.3) is 0 Å². The number of benzene rings is 1. The Morgan fingerprint density at radius 1 is 1.39 bits per heavy atom. The van der Waals surface area contributed by atoms with Gasteiger partial charge in [-0.1, -0.05) is 23.7 Å². The van der Waals surface area contributed by atoms with Crippen molar-refractivity contribution in [1.29, 1.82) is 0 Å². The van der Waals surface area contributed by atoms with Crippen LogP contribution in [0.15, 0.2) is 18.2 Å². The number of aryl methyl sites for hydroxylation is 1. The van der Waals surface area contributed by atoms with E-state index < -0.39 is 0 Å².